The Morgan fingerprint density at radius 1 is 1.21 bits per heavy atom. The summed E-state index contributed by atoms with van der Waals surface area (Å²) in [5, 5.41) is 3.64. The van der Waals surface area contributed by atoms with Crippen LogP contribution in [0.15, 0.2) is 16.6 Å². The molecule has 0 aliphatic heterocycles. The van der Waals surface area contributed by atoms with Crippen LogP contribution in [0.3, 0.4) is 0 Å². The highest BCUT2D eigenvalue weighted by Gasteiger charge is 2.37. The van der Waals surface area contributed by atoms with Crippen molar-refractivity contribution in [3.8, 4) is 11.5 Å². The molecule has 4 heteroatoms. The summed E-state index contributed by atoms with van der Waals surface area (Å²) < 4.78 is 11.7. The van der Waals surface area contributed by atoms with Gasteiger partial charge < -0.3 is 14.8 Å². The molecule has 0 bridgehead atoms. The van der Waals surface area contributed by atoms with E-state index in [2.05, 4.69) is 35.1 Å². The Morgan fingerprint density at radius 2 is 1.79 bits per heavy atom. The molecule has 1 aliphatic rings. The third-order valence-electron chi connectivity index (χ3n) is 3.89. The van der Waals surface area contributed by atoms with E-state index in [4.69, 9.17) is 9.47 Å². The van der Waals surface area contributed by atoms with Crippen molar-refractivity contribution in [3.05, 3.63) is 22.2 Å². The highest BCUT2D eigenvalue weighted by molar-refractivity contribution is 9.10. The highest BCUT2D eigenvalue weighted by atomic mass is 79.9. The Morgan fingerprint density at radius 3 is 2.32 bits per heavy atom. The quantitative estimate of drug-likeness (QED) is 0.863. The van der Waals surface area contributed by atoms with Crippen LogP contribution >= 0.6 is 15.9 Å². The van der Waals surface area contributed by atoms with Gasteiger partial charge in [0.2, 0.25) is 0 Å². The Hall–Kier alpha value is -0.740. The van der Waals surface area contributed by atoms with Gasteiger partial charge in [0.15, 0.2) is 11.5 Å². The van der Waals surface area contributed by atoms with Crippen LogP contribution in [0.1, 0.15) is 32.3 Å². The molecule has 1 aromatic rings. The van der Waals surface area contributed by atoms with E-state index in [0.717, 1.165) is 28.4 Å². The van der Waals surface area contributed by atoms with Crippen LogP contribution in [0.4, 0.5) is 0 Å². The van der Waals surface area contributed by atoms with E-state index in [9.17, 15) is 0 Å². The van der Waals surface area contributed by atoms with Crippen molar-refractivity contribution >= 4 is 15.9 Å². The molecule has 1 saturated carbocycles. The minimum absolute atomic E-state index is 0.201. The number of halogens is 1. The van der Waals surface area contributed by atoms with E-state index >= 15 is 0 Å². The van der Waals surface area contributed by atoms with Crippen molar-refractivity contribution in [2.75, 3.05) is 14.2 Å². The van der Waals surface area contributed by atoms with E-state index in [1.807, 2.05) is 12.1 Å². The lowest BCUT2D eigenvalue weighted by molar-refractivity contribution is 0.336. The first-order valence-electron chi connectivity index (χ1n) is 6.63. The van der Waals surface area contributed by atoms with Gasteiger partial charge in [-0.3, -0.25) is 0 Å². The van der Waals surface area contributed by atoms with E-state index < -0.39 is 0 Å². The van der Waals surface area contributed by atoms with E-state index in [0.29, 0.717) is 0 Å². The molecule has 3 nitrogen and oxygen atoms in total. The first-order valence-corrected chi connectivity index (χ1v) is 7.42. The van der Waals surface area contributed by atoms with E-state index in [1.54, 1.807) is 14.2 Å². The monoisotopic (exact) mass is 327 g/mol. The maximum Gasteiger partial charge on any atom is 0.161 e. The third-order valence-corrected chi connectivity index (χ3v) is 4.62. The van der Waals surface area contributed by atoms with Crippen LogP contribution in [0.25, 0.3) is 0 Å². The number of hydrogen-bond donors (Lipinski definition) is 1. The van der Waals surface area contributed by atoms with Crippen molar-refractivity contribution in [1.82, 2.24) is 5.32 Å². The summed E-state index contributed by atoms with van der Waals surface area (Å²) in [7, 11) is 3.32. The molecule has 0 spiro atoms. The molecule has 0 radical (unpaired) electrons. The van der Waals surface area contributed by atoms with Gasteiger partial charge in [0.25, 0.3) is 0 Å². The van der Waals surface area contributed by atoms with Crippen LogP contribution < -0.4 is 14.8 Å². The van der Waals surface area contributed by atoms with Crippen LogP contribution in [-0.2, 0) is 6.54 Å². The molecule has 0 heterocycles. The normalized spacial score (nSPS) is 15.4. The second-order valence-corrected chi connectivity index (χ2v) is 6.50. The average molecular weight is 328 g/mol. The van der Waals surface area contributed by atoms with Gasteiger partial charge in [-0.25, -0.2) is 0 Å². The van der Waals surface area contributed by atoms with Crippen LogP contribution in [0, 0.1) is 5.92 Å². The van der Waals surface area contributed by atoms with Gasteiger partial charge in [-0.15, -0.1) is 0 Å². The fourth-order valence-electron chi connectivity index (χ4n) is 2.30. The summed E-state index contributed by atoms with van der Waals surface area (Å²) >= 11 is 3.60. The maximum absolute atomic E-state index is 5.35. The second-order valence-electron chi connectivity index (χ2n) is 5.65. The molecular weight excluding hydrogens is 306 g/mol. The number of ether oxygens (including phenoxy) is 2. The molecule has 0 unspecified atom stereocenters. The first-order chi connectivity index (χ1) is 8.97. The number of nitrogens with one attached hydrogen (secondary N) is 1. The molecule has 1 N–H and O–H groups in total. The molecule has 1 fully saturated rings. The minimum atomic E-state index is 0.201. The summed E-state index contributed by atoms with van der Waals surface area (Å²) in [6, 6.07) is 3.98. The zero-order valence-electron chi connectivity index (χ0n) is 12.0. The van der Waals surface area contributed by atoms with Gasteiger partial charge in [0, 0.05) is 16.6 Å². The predicted molar refractivity (Wildman–Crippen MR) is 80.9 cm³/mol. The lowest BCUT2D eigenvalue weighted by Gasteiger charge is -2.26. The fraction of sp³-hybridized carbons (Fsp3) is 0.600. The first kappa shape index (κ1) is 14.7. The van der Waals surface area contributed by atoms with Gasteiger partial charge in [-0.2, -0.15) is 0 Å². The largest absolute Gasteiger partial charge is 0.493 e. The second kappa shape index (κ2) is 5.71. The van der Waals surface area contributed by atoms with Crippen molar-refractivity contribution in [3.63, 3.8) is 0 Å². The van der Waals surface area contributed by atoms with Gasteiger partial charge >= 0.3 is 0 Å². The van der Waals surface area contributed by atoms with Crippen molar-refractivity contribution in [2.24, 2.45) is 5.92 Å². The fourth-order valence-corrected chi connectivity index (χ4v) is 2.77. The molecule has 1 aliphatic carbocycles. The van der Waals surface area contributed by atoms with Gasteiger partial charge in [-0.05, 0) is 50.3 Å². The SMILES string of the molecule is COc1cc(Br)c(CNC(C)(C)C2CC2)cc1OC. The lowest BCUT2D eigenvalue weighted by atomic mass is 9.98. The number of hydrogen-bond acceptors (Lipinski definition) is 3. The minimum Gasteiger partial charge on any atom is -0.493 e. The maximum atomic E-state index is 5.35. The molecule has 1 aromatic carbocycles. The zero-order chi connectivity index (χ0) is 14.0. The summed E-state index contributed by atoms with van der Waals surface area (Å²) in [4.78, 5) is 0. The van der Waals surface area contributed by atoms with Gasteiger partial charge in [-0.1, -0.05) is 15.9 Å². The average Bonchev–Trinajstić information content (AvgIpc) is 3.21. The predicted octanol–water partition coefficient (Wildman–Crippen LogP) is 3.74. The van der Waals surface area contributed by atoms with Gasteiger partial charge in [0.1, 0.15) is 0 Å². The summed E-state index contributed by atoms with van der Waals surface area (Å²) in [5.41, 5.74) is 1.39. The Labute approximate surface area is 123 Å². The molecule has 0 aromatic heterocycles. The molecule has 0 saturated heterocycles. The topological polar surface area (TPSA) is 30.5 Å². The number of rotatable bonds is 6. The smallest absolute Gasteiger partial charge is 0.161 e. The zero-order valence-corrected chi connectivity index (χ0v) is 13.6. The Balaban J connectivity index is 2.11. The van der Waals surface area contributed by atoms with Crippen LogP contribution in [0.5, 0.6) is 11.5 Å². The number of methoxy groups -OCH3 is 2. The molecule has 0 amide bonds. The summed E-state index contributed by atoms with van der Waals surface area (Å²) in [6.07, 6.45) is 2.68. The summed E-state index contributed by atoms with van der Waals surface area (Å²) in [6.45, 7) is 5.38. The van der Waals surface area contributed by atoms with Gasteiger partial charge in [0.05, 0.1) is 14.2 Å². The van der Waals surface area contributed by atoms with Crippen molar-refractivity contribution < 1.29 is 9.47 Å². The summed E-state index contributed by atoms with van der Waals surface area (Å²) in [5.74, 6) is 2.33. The Kier molecular flexibility index (Phi) is 4.41. The molecular formula is C15H22BrNO2. The lowest BCUT2D eigenvalue weighted by Crippen LogP contribution is -2.40. The molecule has 0 atom stereocenters. The van der Waals surface area contributed by atoms with Crippen molar-refractivity contribution in [1.29, 1.82) is 0 Å². The molecule has 19 heavy (non-hydrogen) atoms. The van der Waals surface area contributed by atoms with E-state index in [1.165, 1.54) is 18.4 Å². The van der Waals surface area contributed by atoms with E-state index in [-0.39, 0.29) is 5.54 Å². The standard InChI is InChI=1S/C15H22BrNO2/c1-15(2,11-5-6-11)17-9-10-7-13(18-3)14(19-4)8-12(10)16/h7-8,11,17H,5-6,9H2,1-4H3. The number of benzene rings is 1. The Bertz CT molecular complexity index is 456. The molecule has 2 rings (SSSR count). The van der Waals surface area contributed by atoms with Crippen LogP contribution in [-0.4, -0.2) is 19.8 Å². The third kappa shape index (κ3) is 3.42. The van der Waals surface area contributed by atoms with Crippen LogP contribution in [0.2, 0.25) is 0 Å². The molecule has 106 valence electrons. The highest BCUT2D eigenvalue weighted by Crippen LogP contribution is 2.40. The van der Waals surface area contributed by atoms with Crippen molar-refractivity contribution in [2.45, 2.75) is 38.8 Å².